The lowest BCUT2D eigenvalue weighted by molar-refractivity contribution is -0.384. The van der Waals surface area contributed by atoms with E-state index >= 15 is 0 Å². The molecule has 14 heavy (non-hydrogen) atoms. The highest BCUT2D eigenvalue weighted by atomic mass is 35.5. The molecule has 74 valence electrons. The molecular formula is C8H8ClN3O2. The fourth-order valence-corrected chi connectivity index (χ4v) is 1.28. The highest BCUT2D eigenvalue weighted by Gasteiger charge is 2.25. The third-order valence-corrected chi connectivity index (χ3v) is 2.19. The van der Waals surface area contributed by atoms with Crippen LogP contribution in [0.15, 0.2) is 12.3 Å². The van der Waals surface area contributed by atoms with E-state index in [-0.39, 0.29) is 10.8 Å². The molecule has 6 heteroatoms. The molecule has 0 amide bonds. The molecule has 1 aliphatic rings. The van der Waals surface area contributed by atoms with E-state index in [1.165, 1.54) is 12.3 Å². The van der Waals surface area contributed by atoms with E-state index in [1.807, 2.05) is 0 Å². The van der Waals surface area contributed by atoms with Crippen molar-refractivity contribution in [3.63, 3.8) is 0 Å². The minimum absolute atomic E-state index is 0.0168. The maximum Gasteiger partial charge on any atom is 0.296 e. The van der Waals surface area contributed by atoms with Crippen molar-refractivity contribution in [2.24, 2.45) is 0 Å². The topological polar surface area (TPSA) is 68.1 Å². The molecule has 1 aromatic rings. The summed E-state index contributed by atoms with van der Waals surface area (Å²) < 4.78 is 0. The number of anilines is 1. The van der Waals surface area contributed by atoms with Gasteiger partial charge in [0.2, 0.25) is 0 Å². The Morgan fingerprint density at radius 1 is 1.64 bits per heavy atom. The highest BCUT2D eigenvalue weighted by molar-refractivity contribution is 6.29. The van der Waals surface area contributed by atoms with Crippen LogP contribution in [0.25, 0.3) is 0 Å². The van der Waals surface area contributed by atoms with E-state index in [9.17, 15) is 10.1 Å². The summed E-state index contributed by atoms with van der Waals surface area (Å²) in [5, 5.41) is 13.8. The Morgan fingerprint density at radius 2 is 2.36 bits per heavy atom. The van der Waals surface area contributed by atoms with Crippen LogP contribution < -0.4 is 5.32 Å². The lowest BCUT2D eigenvalue weighted by Gasteiger charge is -2.04. The Hall–Kier alpha value is -1.36. The average molecular weight is 214 g/mol. The second kappa shape index (κ2) is 3.42. The van der Waals surface area contributed by atoms with Gasteiger partial charge >= 0.3 is 0 Å². The molecule has 0 unspecified atom stereocenters. The van der Waals surface area contributed by atoms with Gasteiger partial charge in [-0.1, -0.05) is 11.6 Å². The van der Waals surface area contributed by atoms with Crippen molar-refractivity contribution in [2.75, 3.05) is 5.32 Å². The van der Waals surface area contributed by atoms with Crippen molar-refractivity contribution in [1.82, 2.24) is 4.98 Å². The number of hydrogen-bond donors (Lipinski definition) is 1. The molecule has 0 bridgehead atoms. The van der Waals surface area contributed by atoms with Gasteiger partial charge in [0.15, 0.2) is 0 Å². The van der Waals surface area contributed by atoms with Crippen molar-refractivity contribution in [3.05, 3.63) is 27.5 Å². The summed E-state index contributed by atoms with van der Waals surface area (Å²) in [5.74, 6) is 0. The molecule has 1 heterocycles. The Kier molecular flexibility index (Phi) is 2.25. The molecule has 5 nitrogen and oxygen atoms in total. The monoisotopic (exact) mass is 213 g/mol. The minimum atomic E-state index is -0.460. The van der Waals surface area contributed by atoms with Gasteiger partial charge in [-0.25, -0.2) is 4.98 Å². The predicted octanol–water partition coefficient (Wildman–Crippen LogP) is 2.22. The SMILES string of the molecule is O=[N+]([O-])c1cc(Cl)ncc1NC1CC1. The molecular weight excluding hydrogens is 206 g/mol. The van der Waals surface area contributed by atoms with E-state index in [2.05, 4.69) is 10.3 Å². The van der Waals surface area contributed by atoms with Gasteiger partial charge < -0.3 is 5.32 Å². The molecule has 1 aromatic heterocycles. The molecule has 1 fully saturated rings. The molecule has 1 aliphatic carbocycles. The molecule has 0 saturated heterocycles. The van der Waals surface area contributed by atoms with Gasteiger partial charge in [0.1, 0.15) is 10.8 Å². The number of nitrogens with zero attached hydrogens (tertiary/aromatic N) is 2. The standard InChI is InChI=1S/C8H8ClN3O2/c9-8-3-7(12(13)14)6(4-10-8)11-5-1-2-5/h3-5,11H,1-2H2. The van der Waals surface area contributed by atoms with Crippen LogP contribution in [0, 0.1) is 10.1 Å². The van der Waals surface area contributed by atoms with Crippen LogP contribution in [0.3, 0.4) is 0 Å². The summed E-state index contributed by atoms with van der Waals surface area (Å²) >= 11 is 5.57. The molecule has 0 spiro atoms. The van der Waals surface area contributed by atoms with Gasteiger partial charge in [0.05, 0.1) is 17.2 Å². The summed E-state index contributed by atoms with van der Waals surface area (Å²) in [6.45, 7) is 0. The maximum atomic E-state index is 10.7. The molecule has 1 N–H and O–H groups in total. The summed E-state index contributed by atoms with van der Waals surface area (Å²) in [5.41, 5.74) is 0.429. The Labute approximate surface area is 85.2 Å². The summed E-state index contributed by atoms with van der Waals surface area (Å²) in [4.78, 5) is 14.0. The van der Waals surface area contributed by atoms with Crippen molar-refractivity contribution in [1.29, 1.82) is 0 Å². The number of hydrogen-bond acceptors (Lipinski definition) is 4. The summed E-state index contributed by atoms with van der Waals surface area (Å²) in [6.07, 6.45) is 3.51. The van der Waals surface area contributed by atoms with Crippen molar-refractivity contribution < 1.29 is 4.92 Å². The number of halogens is 1. The number of rotatable bonds is 3. The number of nitro groups is 1. The fourth-order valence-electron chi connectivity index (χ4n) is 1.13. The molecule has 1 saturated carbocycles. The largest absolute Gasteiger partial charge is 0.375 e. The van der Waals surface area contributed by atoms with Crippen LogP contribution in [0.2, 0.25) is 5.15 Å². The van der Waals surface area contributed by atoms with Crippen molar-refractivity contribution in [3.8, 4) is 0 Å². The Bertz CT molecular complexity index is 379. The van der Waals surface area contributed by atoms with Gasteiger partial charge in [-0.15, -0.1) is 0 Å². The van der Waals surface area contributed by atoms with Gasteiger partial charge in [-0.2, -0.15) is 0 Å². The third-order valence-electron chi connectivity index (χ3n) is 1.98. The van der Waals surface area contributed by atoms with Gasteiger partial charge in [0.25, 0.3) is 5.69 Å². The first kappa shape index (κ1) is 9.21. The summed E-state index contributed by atoms with van der Waals surface area (Å²) in [6, 6.07) is 1.61. The van der Waals surface area contributed by atoms with Crippen molar-refractivity contribution >= 4 is 23.0 Å². The predicted molar refractivity (Wildman–Crippen MR) is 52.5 cm³/mol. The zero-order valence-corrected chi connectivity index (χ0v) is 7.99. The smallest absolute Gasteiger partial charge is 0.296 e. The lowest BCUT2D eigenvalue weighted by atomic mass is 10.3. The number of nitrogens with one attached hydrogen (secondary N) is 1. The third kappa shape index (κ3) is 1.93. The average Bonchev–Trinajstić information content (AvgIpc) is 2.91. The van der Waals surface area contributed by atoms with Crippen LogP contribution >= 0.6 is 11.6 Å². The van der Waals surface area contributed by atoms with Crippen LogP contribution in [0.1, 0.15) is 12.8 Å². The first-order chi connectivity index (χ1) is 6.66. The quantitative estimate of drug-likeness (QED) is 0.475. The Morgan fingerprint density at radius 3 is 2.93 bits per heavy atom. The van der Waals surface area contributed by atoms with E-state index in [1.54, 1.807) is 0 Å². The second-order valence-electron chi connectivity index (χ2n) is 3.20. The van der Waals surface area contributed by atoms with Crippen LogP contribution in [0.5, 0.6) is 0 Å². The van der Waals surface area contributed by atoms with Crippen molar-refractivity contribution in [2.45, 2.75) is 18.9 Å². The molecule has 0 atom stereocenters. The van der Waals surface area contributed by atoms with Crippen LogP contribution in [-0.2, 0) is 0 Å². The normalized spacial score (nSPS) is 15.2. The minimum Gasteiger partial charge on any atom is -0.375 e. The highest BCUT2D eigenvalue weighted by Crippen LogP contribution is 2.31. The molecule has 0 radical (unpaired) electrons. The zero-order valence-electron chi connectivity index (χ0n) is 7.24. The van der Waals surface area contributed by atoms with E-state index in [0.717, 1.165) is 12.8 Å². The Balaban J connectivity index is 2.31. The molecule has 2 rings (SSSR count). The van der Waals surface area contributed by atoms with Crippen LogP contribution in [-0.4, -0.2) is 15.9 Å². The summed E-state index contributed by atoms with van der Waals surface area (Å²) in [7, 11) is 0. The van der Waals surface area contributed by atoms with Gasteiger partial charge in [0, 0.05) is 6.04 Å². The maximum absolute atomic E-state index is 10.7. The fraction of sp³-hybridized carbons (Fsp3) is 0.375. The number of pyridine rings is 1. The number of aromatic nitrogens is 1. The van der Waals surface area contributed by atoms with Gasteiger partial charge in [-0.05, 0) is 12.8 Å². The first-order valence-corrected chi connectivity index (χ1v) is 4.61. The molecule has 0 aromatic carbocycles. The van der Waals surface area contributed by atoms with E-state index in [4.69, 9.17) is 11.6 Å². The second-order valence-corrected chi connectivity index (χ2v) is 3.59. The first-order valence-electron chi connectivity index (χ1n) is 4.23. The van der Waals surface area contributed by atoms with E-state index in [0.29, 0.717) is 11.7 Å². The molecule has 0 aliphatic heterocycles. The van der Waals surface area contributed by atoms with E-state index < -0.39 is 4.92 Å². The lowest BCUT2D eigenvalue weighted by Crippen LogP contribution is -2.04. The van der Waals surface area contributed by atoms with Gasteiger partial charge in [-0.3, -0.25) is 10.1 Å². The van der Waals surface area contributed by atoms with Crippen LogP contribution in [0.4, 0.5) is 11.4 Å². The zero-order chi connectivity index (χ0) is 10.1.